The van der Waals surface area contributed by atoms with Crippen molar-refractivity contribution in [1.29, 1.82) is 0 Å². The molecule has 0 aliphatic rings. The zero-order valence-corrected chi connectivity index (χ0v) is 20.9. The van der Waals surface area contributed by atoms with Crippen LogP contribution in [-0.4, -0.2) is 52.2 Å². The second kappa shape index (κ2) is 12.8. The summed E-state index contributed by atoms with van der Waals surface area (Å²) in [4.78, 5) is 2.11. The number of rotatable bonds is 13. The third kappa shape index (κ3) is 7.59. The quantitative estimate of drug-likeness (QED) is 0.345. The van der Waals surface area contributed by atoms with E-state index >= 15 is 0 Å². The smallest absolute Gasteiger partial charge is 0.227 e. The molecule has 1 heterocycles. The number of aliphatic hydroxyl groups excluding tert-OH is 1. The zero-order chi connectivity index (χ0) is 25.4. The summed E-state index contributed by atoms with van der Waals surface area (Å²) in [6.07, 6.45) is 0.234. The largest absolute Gasteiger partial charge is 0.435 e. The normalized spacial score (nSPS) is 12.5. The highest BCUT2D eigenvalue weighted by Crippen LogP contribution is 2.33. The topological polar surface area (TPSA) is 59.8 Å². The fraction of sp³-hybridized carbons (Fsp3) is 0.444. The fourth-order valence-electron chi connectivity index (χ4n) is 3.78. The minimum Gasteiger partial charge on any atom is -0.435 e. The van der Waals surface area contributed by atoms with Crippen LogP contribution in [0.3, 0.4) is 0 Å². The molecule has 0 spiro atoms. The van der Waals surface area contributed by atoms with E-state index in [9.17, 15) is 13.9 Å². The monoisotopic (exact) mass is 487 g/mol. The van der Waals surface area contributed by atoms with Crippen LogP contribution < -0.4 is 4.74 Å². The Hall–Kier alpha value is -2.81. The van der Waals surface area contributed by atoms with E-state index in [1.807, 2.05) is 6.92 Å². The van der Waals surface area contributed by atoms with Gasteiger partial charge in [-0.3, -0.25) is 4.90 Å². The molecule has 6 nitrogen and oxygen atoms in total. The summed E-state index contributed by atoms with van der Waals surface area (Å²) in [5.41, 5.74) is 2.06. The lowest BCUT2D eigenvalue weighted by Gasteiger charge is -2.25. The minimum absolute atomic E-state index is 0.0705. The summed E-state index contributed by atoms with van der Waals surface area (Å²) >= 11 is 0. The highest BCUT2D eigenvalue weighted by molar-refractivity contribution is 5.43. The van der Waals surface area contributed by atoms with Crippen LogP contribution in [-0.2, 0) is 11.3 Å². The molecule has 1 N–H and O–H groups in total. The second-order valence-corrected chi connectivity index (χ2v) is 9.11. The Morgan fingerprint density at radius 3 is 2.43 bits per heavy atom. The van der Waals surface area contributed by atoms with Crippen molar-refractivity contribution in [1.82, 2.24) is 14.7 Å². The van der Waals surface area contributed by atoms with Crippen LogP contribution in [0, 0.1) is 24.5 Å². The van der Waals surface area contributed by atoms with Crippen molar-refractivity contribution >= 4 is 0 Å². The lowest BCUT2D eigenvalue weighted by molar-refractivity contribution is 0.00681. The van der Waals surface area contributed by atoms with Gasteiger partial charge >= 0.3 is 0 Å². The van der Waals surface area contributed by atoms with Gasteiger partial charge in [-0.1, -0.05) is 32.9 Å². The average molecular weight is 488 g/mol. The van der Waals surface area contributed by atoms with E-state index in [-0.39, 0.29) is 18.2 Å². The summed E-state index contributed by atoms with van der Waals surface area (Å²) in [6, 6.07) is 12.1. The van der Waals surface area contributed by atoms with E-state index in [1.54, 1.807) is 35.0 Å². The summed E-state index contributed by atoms with van der Waals surface area (Å²) in [5, 5.41) is 15.2. The molecule has 0 amide bonds. The molecule has 0 saturated heterocycles. The van der Waals surface area contributed by atoms with E-state index < -0.39 is 11.9 Å². The highest BCUT2D eigenvalue weighted by atomic mass is 19.1. The first-order valence-electron chi connectivity index (χ1n) is 12.0. The van der Waals surface area contributed by atoms with Crippen LogP contribution in [0.4, 0.5) is 8.78 Å². The number of para-hydroxylation sites is 1. The number of nitrogens with zero attached hydrogens (tertiary/aromatic N) is 3. The van der Waals surface area contributed by atoms with Crippen LogP contribution in [0.1, 0.15) is 38.4 Å². The Kier molecular flexibility index (Phi) is 9.77. The van der Waals surface area contributed by atoms with Gasteiger partial charge in [0.1, 0.15) is 5.82 Å². The van der Waals surface area contributed by atoms with Gasteiger partial charge in [0.2, 0.25) is 5.88 Å². The number of halogens is 2. The van der Waals surface area contributed by atoms with Gasteiger partial charge in [-0.15, -0.1) is 0 Å². The molecule has 1 aromatic heterocycles. The van der Waals surface area contributed by atoms with E-state index in [1.165, 1.54) is 18.2 Å². The maximum absolute atomic E-state index is 14.5. The van der Waals surface area contributed by atoms with Crippen molar-refractivity contribution in [2.75, 3.05) is 26.3 Å². The maximum atomic E-state index is 14.5. The summed E-state index contributed by atoms with van der Waals surface area (Å²) in [5.74, 6) is -0.0395. The first-order valence-corrected chi connectivity index (χ1v) is 12.0. The number of hydrogen-bond donors (Lipinski definition) is 1. The maximum Gasteiger partial charge on any atom is 0.227 e. The number of aliphatic hydroxyl groups is 1. The summed E-state index contributed by atoms with van der Waals surface area (Å²) in [7, 11) is 0. The van der Waals surface area contributed by atoms with Gasteiger partial charge in [0, 0.05) is 19.7 Å². The van der Waals surface area contributed by atoms with Crippen molar-refractivity contribution in [2.45, 2.75) is 46.8 Å². The van der Waals surface area contributed by atoms with Crippen molar-refractivity contribution in [2.24, 2.45) is 5.92 Å². The predicted molar refractivity (Wildman–Crippen MR) is 132 cm³/mol. The zero-order valence-electron chi connectivity index (χ0n) is 20.9. The SMILES string of the molecule is CCCN(Cc1c(C)nn(-c2ccc(F)cc2)c1Oc1ccccc1F)C[C@@H](O)COCC(C)C. The fourth-order valence-corrected chi connectivity index (χ4v) is 3.78. The molecule has 3 aromatic rings. The molecule has 0 fully saturated rings. The molecule has 190 valence electrons. The molecular formula is C27H35F2N3O3. The van der Waals surface area contributed by atoms with Gasteiger partial charge in [0.15, 0.2) is 11.6 Å². The Morgan fingerprint density at radius 2 is 1.77 bits per heavy atom. The number of aromatic nitrogens is 2. The van der Waals surface area contributed by atoms with Crippen LogP contribution >= 0.6 is 0 Å². The number of ether oxygens (including phenoxy) is 2. The molecule has 0 unspecified atom stereocenters. The standard InChI is InChI=1S/C27H35F2N3O3/c1-5-14-31(15-23(33)18-34-17-19(2)3)16-24-20(4)30-32(22-12-10-21(28)11-13-22)27(24)35-26-9-7-6-8-25(26)29/h6-13,19,23,33H,5,14-18H2,1-4H3/t23-/m1/s1. The Bertz CT molecular complexity index is 1070. The van der Waals surface area contributed by atoms with E-state index in [0.717, 1.165) is 18.5 Å². The average Bonchev–Trinajstić information content (AvgIpc) is 3.10. The van der Waals surface area contributed by atoms with Crippen molar-refractivity contribution in [3.63, 3.8) is 0 Å². The molecule has 0 aliphatic carbocycles. The predicted octanol–water partition coefficient (Wildman–Crippen LogP) is 5.50. The van der Waals surface area contributed by atoms with Gasteiger partial charge in [-0.2, -0.15) is 5.10 Å². The van der Waals surface area contributed by atoms with E-state index in [2.05, 4.69) is 30.8 Å². The Balaban J connectivity index is 1.91. The van der Waals surface area contributed by atoms with Crippen LogP contribution in [0.5, 0.6) is 11.6 Å². The van der Waals surface area contributed by atoms with Crippen molar-refractivity contribution in [3.05, 3.63) is 71.4 Å². The van der Waals surface area contributed by atoms with Crippen LogP contribution in [0.25, 0.3) is 5.69 Å². The lowest BCUT2D eigenvalue weighted by Crippen LogP contribution is -2.35. The molecular weight excluding hydrogens is 452 g/mol. The van der Waals surface area contributed by atoms with E-state index in [4.69, 9.17) is 9.47 Å². The number of benzene rings is 2. The lowest BCUT2D eigenvalue weighted by atomic mass is 10.2. The van der Waals surface area contributed by atoms with Gasteiger partial charge in [0.25, 0.3) is 0 Å². The molecule has 0 aliphatic heterocycles. The molecule has 0 radical (unpaired) electrons. The third-order valence-corrected chi connectivity index (χ3v) is 5.40. The van der Waals surface area contributed by atoms with Crippen molar-refractivity contribution < 1.29 is 23.4 Å². The van der Waals surface area contributed by atoms with E-state index in [0.29, 0.717) is 42.9 Å². The molecule has 3 rings (SSSR count). The molecule has 1 atom stereocenters. The second-order valence-electron chi connectivity index (χ2n) is 9.11. The molecule has 0 bridgehead atoms. The van der Waals surface area contributed by atoms with Gasteiger partial charge in [0.05, 0.1) is 29.7 Å². The van der Waals surface area contributed by atoms with Gasteiger partial charge in [-0.25, -0.2) is 13.5 Å². The number of aryl methyl sites for hydroxylation is 1. The minimum atomic E-state index is -0.649. The van der Waals surface area contributed by atoms with Crippen LogP contribution in [0.2, 0.25) is 0 Å². The van der Waals surface area contributed by atoms with Gasteiger partial charge in [-0.05, 0) is 62.2 Å². The van der Waals surface area contributed by atoms with Gasteiger partial charge < -0.3 is 14.6 Å². The first kappa shape index (κ1) is 26.8. The third-order valence-electron chi connectivity index (χ3n) is 5.40. The molecule has 35 heavy (non-hydrogen) atoms. The van der Waals surface area contributed by atoms with Crippen LogP contribution in [0.15, 0.2) is 48.5 Å². The Labute approximate surface area is 206 Å². The molecule has 8 heteroatoms. The molecule has 0 saturated carbocycles. The van der Waals surface area contributed by atoms with Crippen molar-refractivity contribution in [3.8, 4) is 17.3 Å². The Morgan fingerprint density at radius 1 is 1.06 bits per heavy atom. The highest BCUT2D eigenvalue weighted by Gasteiger charge is 2.23. The summed E-state index contributed by atoms with van der Waals surface area (Å²) < 4.78 is 41.3. The molecule has 2 aromatic carbocycles. The first-order chi connectivity index (χ1) is 16.8. The summed E-state index contributed by atoms with van der Waals surface area (Å²) in [6.45, 7) is 10.5. The number of hydrogen-bond acceptors (Lipinski definition) is 5.